The van der Waals surface area contributed by atoms with Crippen LogP contribution in [0.2, 0.25) is 0 Å². The number of aromatic amines is 1. The molecule has 116 valence electrons. The minimum Gasteiger partial charge on any atom is -0.378 e. The summed E-state index contributed by atoms with van der Waals surface area (Å²) in [6.07, 6.45) is 0. The first-order chi connectivity index (χ1) is 10.6. The Labute approximate surface area is 128 Å². The van der Waals surface area contributed by atoms with Crippen molar-refractivity contribution in [3.63, 3.8) is 0 Å². The number of benzene rings is 1. The first-order valence-corrected chi connectivity index (χ1v) is 7.27. The van der Waals surface area contributed by atoms with Gasteiger partial charge in [-0.25, -0.2) is 0 Å². The van der Waals surface area contributed by atoms with Crippen molar-refractivity contribution in [3.05, 3.63) is 35.0 Å². The molecule has 7 nitrogen and oxygen atoms in total. The van der Waals surface area contributed by atoms with E-state index in [0.717, 1.165) is 5.69 Å². The summed E-state index contributed by atoms with van der Waals surface area (Å²) in [4.78, 5) is 14.2. The Hall–Kier alpha value is -2.41. The number of amides is 1. The molecule has 0 spiro atoms. The maximum absolute atomic E-state index is 12.5. The van der Waals surface area contributed by atoms with Crippen LogP contribution in [0, 0.1) is 13.8 Å². The van der Waals surface area contributed by atoms with Gasteiger partial charge in [-0.05, 0) is 37.1 Å². The van der Waals surface area contributed by atoms with Crippen LogP contribution in [0.15, 0.2) is 18.2 Å². The monoisotopic (exact) mass is 301 g/mol. The highest BCUT2D eigenvalue weighted by Crippen LogP contribution is 2.20. The third-order valence-electron chi connectivity index (χ3n) is 3.82. The first kappa shape index (κ1) is 14.5. The fourth-order valence-electron chi connectivity index (χ4n) is 2.34. The average molecular weight is 301 g/mol. The lowest BCUT2D eigenvalue weighted by molar-refractivity contribution is 0.0299. The van der Waals surface area contributed by atoms with Gasteiger partial charge < -0.3 is 15.0 Å². The van der Waals surface area contributed by atoms with Crippen molar-refractivity contribution in [1.29, 1.82) is 0 Å². The van der Waals surface area contributed by atoms with Crippen LogP contribution in [-0.2, 0) is 4.74 Å². The minimum atomic E-state index is -0.136. The molecule has 1 amide bonds. The molecule has 1 aliphatic rings. The van der Waals surface area contributed by atoms with Gasteiger partial charge in [-0.3, -0.25) is 4.79 Å². The van der Waals surface area contributed by atoms with Gasteiger partial charge in [-0.1, -0.05) is 6.07 Å². The largest absolute Gasteiger partial charge is 0.378 e. The minimum absolute atomic E-state index is 0.136. The quantitative estimate of drug-likeness (QED) is 0.900. The Kier molecular flexibility index (Phi) is 4.06. The highest BCUT2D eigenvalue weighted by molar-refractivity contribution is 5.97. The van der Waals surface area contributed by atoms with E-state index in [1.807, 2.05) is 25.1 Å². The van der Waals surface area contributed by atoms with Gasteiger partial charge in [0, 0.05) is 18.8 Å². The summed E-state index contributed by atoms with van der Waals surface area (Å²) < 4.78 is 5.26. The molecule has 1 aliphatic heterocycles. The molecule has 7 heteroatoms. The number of ether oxygens (including phenoxy) is 1. The zero-order valence-corrected chi connectivity index (χ0v) is 12.7. The van der Waals surface area contributed by atoms with Gasteiger partial charge in [-0.15, -0.1) is 10.2 Å². The second-order valence-corrected chi connectivity index (χ2v) is 5.35. The number of rotatable bonds is 3. The molecule has 1 aromatic carbocycles. The van der Waals surface area contributed by atoms with Crippen LogP contribution in [0.1, 0.15) is 21.6 Å². The van der Waals surface area contributed by atoms with E-state index in [4.69, 9.17) is 4.74 Å². The summed E-state index contributed by atoms with van der Waals surface area (Å²) in [5.41, 5.74) is 3.58. The Morgan fingerprint density at radius 2 is 2.00 bits per heavy atom. The Bertz CT molecular complexity index is 676. The van der Waals surface area contributed by atoms with Gasteiger partial charge in [0.05, 0.1) is 13.2 Å². The number of nitrogens with one attached hydrogen (secondary N) is 2. The number of nitrogens with zero attached hydrogens (tertiary/aromatic N) is 3. The molecule has 2 N–H and O–H groups in total. The summed E-state index contributed by atoms with van der Waals surface area (Å²) in [5.74, 6) is 0.308. The Morgan fingerprint density at radius 3 is 2.73 bits per heavy atom. The van der Waals surface area contributed by atoms with Crippen LogP contribution in [0.3, 0.4) is 0 Å². The van der Waals surface area contributed by atoms with E-state index in [9.17, 15) is 4.79 Å². The van der Waals surface area contributed by atoms with Crippen molar-refractivity contribution in [2.75, 3.05) is 31.6 Å². The van der Waals surface area contributed by atoms with E-state index < -0.39 is 0 Å². The van der Waals surface area contributed by atoms with E-state index in [1.54, 1.807) is 4.90 Å². The molecule has 1 aromatic heterocycles. The van der Waals surface area contributed by atoms with Crippen molar-refractivity contribution < 1.29 is 9.53 Å². The van der Waals surface area contributed by atoms with Crippen LogP contribution in [-0.4, -0.2) is 52.5 Å². The number of anilines is 2. The molecule has 22 heavy (non-hydrogen) atoms. The molecule has 1 fully saturated rings. The number of aromatic nitrogens is 3. The number of carbonyl (C=O) groups is 1. The van der Waals surface area contributed by atoms with Crippen LogP contribution in [0.25, 0.3) is 0 Å². The molecule has 0 radical (unpaired) electrons. The lowest BCUT2D eigenvalue weighted by Crippen LogP contribution is -2.41. The van der Waals surface area contributed by atoms with Gasteiger partial charge >= 0.3 is 0 Å². The van der Waals surface area contributed by atoms with Crippen molar-refractivity contribution in [2.45, 2.75) is 13.8 Å². The molecule has 3 rings (SSSR count). The summed E-state index contributed by atoms with van der Waals surface area (Å²) in [6.45, 7) is 6.38. The number of aryl methyl sites for hydroxylation is 2. The summed E-state index contributed by atoms with van der Waals surface area (Å²) in [7, 11) is 0. The lowest BCUT2D eigenvalue weighted by Gasteiger charge is -2.26. The molecule has 0 bridgehead atoms. The first-order valence-electron chi connectivity index (χ1n) is 7.27. The molecular weight excluding hydrogens is 282 g/mol. The average Bonchev–Trinajstić information content (AvgIpc) is 2.99. The molecule has 0 unspecified atom stereocenters. The van der Waals surface area contributed by atoms with Crippen molar-refractivity contribution in [2.24, 2.45) is 0 Å². The number of morpholine rings is 1. The van der Waals surface area contributed by atoms with Crippen molar-refractivity contribution >= 4 is 17.4 Å². The smallest absolute Gasteiger partial charge is 0.278 e. The second kappa shape index (κ2) is 6.15. The summed E-state index contributed by atoms with van der Waals surface area (Å²) in [6, 6.07) is 6.01. The fourth-order valence-corrected chi connectivity index (χ4v) is 2.34. The number of carbonyl (C=O) groups excluding carboxylic acids is 1. The molecule has 0 atom stereocenters. The molecule has 2 heterocycles. The topological polar surface area (TPSA) is 83.1 Å². The Morgan fingerprint density at radius 1 is 1.23 bits per heavy atom. The van der Waals surface area contributed by atoms with Crippen molar-refractivity contribution in [1.82, 2.24) is 20.3 Å². The van der Waals surface area contributed by atoms with Crippen LogP contribution < -0.4 is 5.32 Å². The SMILES string of the molecule is Cc1ccc(Nc2n[nH]nc2C(=O)N2CCOCC2)cc1C. The highest BCUT2D eigenvalue weighted by Gasteiger charge is 2.24. The standard InChI is InChI=1S/C15H19N5O2/c1-10-3-4-12(9-11(10)2)16-14-13(17-19-18-14)15(21)20-5-7-22-8-6-20/h3-4,9H,5-8H2,1-2H3,(H2,16,17,18,19). The molecule has 0 aliphatic carbocycles. The van der Waals surface area contributed by atoms with E-state index in [-0.39, 0.29) is 5.91 Å². The number of H-pyrrole nitrogens is 1. The third-order valence-corrected chi connectivity index (χ3v) is 3.82. The van der Waals surface area contributed by atoms with Gasteiger partial charge in [0.15, 0.2) is 11.5 Å². The second-order valence-electron chi connectivity index (χ2n) is 5.35. The van der Waals surface area contributed by atoms with Gasteiger partial charge in [0.1, 0.15) is 0 Å². The van der Waals surface area contributed by atoms with Gasteiger partial charge in [-0.2, -0.15) is 5.21 Å². The van der Waals surface area contributed by atoms with Crippen molar-refractivity contribution in [3.8, 4) is 0 Å². The van der Waals surface area contributed by atoms with Crippen LogP contribution in [0.4, 0.5) is 11.5 Å². The highest BCUT2D eigenvalue weighted by atomic mass is 16.5. The van der Waals surface area contributed by atoms with Crippen LogP contribution in [0.5, 0.6) is 0 Å². The lowest BCUT2D eigenvalue weighted by atomic mass is 10.1. The van der Waals surface area contributed by atoms with Gasteiger partial charge in [0.2, 0.25) is 0 Å². The van der Waals surface area contributed by atoms with E-state index in [2.05, 4.69) is 27.7 Å². The molecular formula is C15H19N5O2. The normalized spacial score (nSPS) is 14.9. The van der Waals surface area contributed by atoms with E-state index in [0.29, 0.717) is 37.8 Å². The van der Waals surface area contributed by atoms with Gasteiger partial charge in [0.25, 0.3) is 5.91 Å². The van der Waals surface area contributed by atoms with E-state index >= 15 is 0 Å². The zero-order chi connectivity index (χ0) is 15.5. The zero-order valence-electron chi connectivity index (χ0n) is 12.7. The molecule has 1 saturated heterocycles. The fraction of sp³-hybridized carbons (Fsp3) is 0.400. The predicted molar refractivity (Wildman–Crippen MR) is 82.3 cm³/mol. The molecule has 2 aromatic rings. The number of hydrogen-bond acceptors (Lipinski definition) is 5. The number of hydrogen-bond donors (Lipinski definition) is 2. The molecule has 0 saturated carbocycles. The maximum Gasteiger partial charge on any atom is 0.278 e. The van der Waals surface area contributed by atoms with E-state index in [1.165, 1.54) is 11.1 Å². The third kappa shape index (κ3) is 2.94. The summed E-state index contributed by atoms with van der Waals surface area (Å²) >= 11 is 0. The maximum atomic E-state index is 12.5. The predicted octanol–water partition coefficient (Wildman–Crippen LogP) is 1.64. The van der Waals surface area contributed by atoms with Crippen LogP contribution >= 0.6 is 0 Å². The Balaban J connectivity index is 1.79. The summed E-state index contributed by atoms with van der Waals surface area (Å²) in [5, 5.41) is 13.7.